The van der Waals surface area contributed by atoms with Crippen molar-refractivity contribution in [3.05, 3.63) is 24.3 Å². The molecule has 0 unspecified atom stereocenters. The minimum Gasteiger partial charge on any atom is -0.382 e. The molecule has 0 spiro atoms. The minimum absolute atomic E-state index is 0.854. The summed E-state index contributed by atoms with van der Waals surface area (Å²) in [5, 5.41) is 3.47. The molecule has 0 aliphatic carbocycles. The van der Waals surface area contributed by atoms with Crippen LogP contribution in [-0.2, 0) is 4.74 Å². The number of para-hydroxylation sites is 2. The second-order valence-electron chi connectivity index (χ2n) is 6.74. The summed E-state index contributed by atoms with van der Waals surface area (Å²) in [7, 11) is 0. The maximum absolute atomic E-state index is 5.49. The first-order valence-corrected chi connectivity index (χ1v) is 9.24. The molecule has 0 aromatic heterocycles. The summed E-state index contributed by atoms with van der Waals surface area (Å²) in [4.78, 5) is 5.11. The Morgan fingerprint density at radius 1 is 1.17 bits per heavy atom. The van der Waals surface area contributed by atoms with Crippen LogP contribution >= 0.6 is 0 Å². The number of hydrogen-bond acceptors (Lipinski definition) is 4. The normalized spacial score (nSPS) is 18.9. The van der Waals surface area contributed by atoms with Crippen molar-refractivity contribution in [3.63, 3.8) is 0 Å². The van der Waals surface area contributed by atoms with Gasteiger partial charge in [0.2, 0.25) is 0 Å². The van der Waals surface area contributed by atoms with E-state index in [-0.39, 0.29) is 0 Å². The fraction of sp³-hybridized carbons (Fsp3) is 0.684. The molecule has 1 aromatic carbocycles. The van der Waals surface area contributed by atoms with Crippen LogP contribution < -0.4 is 10.2 Å². The fourth-order valence-corrected chi connectivity index (χ4v) is 3.74. The van der Waals surface area contributed by atoms with Gasteiger partial charge in [0.05, 0.1) is 18.0 Å². The van der Waals surface area contributed by atoms with E-state index in [9.17, 15) is 0 Å². The number of anilines is 2. The molecular weight excluding hydrogens is 286 g/mol. The van der Waals surface area contributed by atoms with Crippen molar-refractivity contribution in [2.75, 3.05) is 56.3 Å². The lowest BCUT2D eigenvalue weighted by molar-refractivity contribution is 0.109. The van der Waals surface area contributed by atoms with Gasteiger partial charge in [-0.25, -0.2) is 0 Å². The molecule has 1 fully saturated rings. The van der Waals surface area contributed by atoms with Crippen molar-refractivity contribution in [1.29, 1.82) is 0 Å². The SMILES string of the molecule is CCOCCC1CCN(CCCN2CNc3ccccc32)CC1. The van der Waals surface area contributed by atoms with Gasteiger partial charge in [0.15, 0.2) is 0 Å². The van der Waals surface area contributed by atoms with Gasteiger partial charge in [0.25, 0.3) is 0 Å². The topological polar surface area (TPSA) is 27.7 Å². The number of hydrogen-bond donors (Lipinski definition) is 1. The molecule has 2 aliphatic rings. The molecule has 0 amide bonds. The fourth-order valence-electron chi connectivity index (χ4n) is 3.74. The number of likely N-dealkylation sites (tertiary alicyclic amines) is 1. The van der Waals surface area contributed by atoms with Crippen LogP contribution in [0.1, 0.15) is 32.6 Å². The second-order valence-corrected chi connectivity index (χ2v) is 6.74. The molecule has 1 N–H and O–H groups in total. The van der Waals surface area contributed by atoms with Crippen LogP contribution in [0.4, 0.5) is 11.4 Å². The van der Waals surface area contributed by atoms with Gasteiger partial charge in [-0.1, -0.05) is 12.1 Å². The molecule has 0 saturated carbocycles. The van der Waals surface area contributed by atoms with Crippen molar-refractivity contribution < 1.29 is 4.74 Å². The molecule has 0 atom stereocenters. The Labute approximate surface area is 140 Å². The maximum atomic E-state index is 5.49. The standard InChI is InChI=1S/C19H31N3O/c1-2-23-15-10-17-8-13-21(14-9-17)11-5-12-22-16-20-18-6-3-4-7-19(18)22/h3-4,6-7,17,20H,2,5,8-16H2,1H3. The summed E-state index contributed by atoms with van der Waals surface area (Å²) in [6.07, 6.45) is 5.19. The predicted octanol–water partition coefficient (Wildman–Crippen LogP) is 3.40. The lowest BCUT2D eigenvalue weighted by Crippen LogP contribution is -2.36. The van der Waals surface area contributed by atoms with E-state index < -0.39 is 0 Å². The monoisotopic (exact) mass is 317 g/mol. The van der Waals surface area contributed by atoms with Crippen LogP contribution in [0.5, 0.6) is 0 Å². The average Bonchev–Trinajstić information content (AvgIpc) is 3.00. The van der Waals surface area contributed by atoms with Gasteiger partial charge < -0.3 is 19.9 Å². The molecule has 3 rings (SSSR count). The van der Waals surface area contributed by atoms with E-state index in [1.807, 2.05) is 0 Å². The van der Waals surface area contributed by atoms with Gasteiger partial charge in [0, 0.05) is 19.8 Å². The molecule has 4 heteroatoms. The molecular formula is C19H31N3O. The minimum atomic E-state index is 0.854. The van der Waals surface area contributed by atoms with E-state index in [0.29, 0.717) is 0 Å². The van der Waals surface area contributed by atoms with Crippen molar-refractivity contribution in [1.82, 2.24) is 4.90 Å². The Kier molecular flexibility index (Phi) is 6.17. The molecule has 2 aliphatic heterocycles. The number of benzene rings is 1. The van der Waals surface area contributed by atoms with Gasteiger partial charge in [-0.15, -0.1) is 0 Å². The summed E-state index contributed by atoms with van der Waals surface area (Å²) in [5.41, 5.74) is 2.64. The van der Waals surface area contributed by atoms with Crippen LogP contribution in [0.3, 0.4) is 0 Å². The molecule has 1 aromatic rings. The molecule has 4 nitrogen and oxygen atoms in total. The van der Waals surface area contributed by atoms with Crippen LogP contribution in [0.25, 0.3) is 0 Å². The zero-order chi connectivity index (χ0) is 15.9. The Hall–Kier alpha value is -1.26. The zero-order valence-corrected chi connectivity index (χ0v) is 14.5. The lowest BCUT2D eigenvalue weighted by Gasteiger charge is -2.32. The first-order valence-electron chi connectivity index (χ1n) is 9.24. The Morgan fingerprint density at radius 3 is 2.83 bits per heavy atom. The highest BCUT2D eigenvalue weighted by atomic mass is 16.5. The number of nitrogens with one attached hydrogen (secondary N) is 1. The average molecular weight is 317 g/mol. The Morgan fingerprint density at radius 2 is 2.00 bits per heavy atom. The van der Waals surface area contributed by atoms with Crippen molar-refractivity contribution in [3.8, 4) is 0 Å². The largest absolute Gasteiger partial charge is 0.382 e. The first kappa shape index (κ1) is 16.6. The molecule has 128 valence electrons. The Balaban J connectivity index is 1.32. The summed E-state index contributed by atoms with van der Waals surface area (Å²) < 4.78 is 5.49. The number of ether oxygens (including phenoxy) is 1. The van der Waals surface area contributed by atoms with Gasteiger partial charge >= 0.3 is 0 Å². The number of nitrogens with zero attached hydrogens (tertiary/aromatic N) is 2. The summed E-state index contributed by atoms with van der Waals surface area (Å²) in [6, 6.07) is 8.62. The summed E-state index contributed by atoms with van der Waals surface area (Å²) in [6.45, 7) is 9.76. The van der Waals surface area contributed by atoms with E-state index in [2.05, 4.69) is 46.3 Å². The van der Waals surface area contributed by atoms with Gasteiger partial charge in [-0.2, -0.15) is 0 Å². The van der Waals surface area contributed by atoms with Crippen LogP contribution in [-0.4, -0.2) is 51.0 Å². The number of fused-ring (bicyclic) bond motifs is 1. The van der Waals surface area contributed by atoms with Gasteiger partial charge in [-0.3, -0.25) is 0 Å². The summed E-state index contributed by atoms with van der Waals surface area (Å²) >= 11 is 0. The maximum Gasteiger partial charge on any atom is 0.0877 e. The third-order valence-corrected chi connectivity index (χ3v) is 5.19. The number of piperidine rings is 1. The highest BCUT2D eigenvalue weighted by Crippen LogP contribution is 2.30. The summed E-state index contributed by atoms with van der Waals surface area (Å²) in [5.74, 6) is 0.882. The van der Waals surface area contributed by atoms with Crippen LogP contribution in [0.15, 0.2) is 24.3 Å². The Bertz CT molecular complexity index is 471. The van der Waals surface area contributed by atoms with E-state index in [1.165, 1.54) is 56.7 Å². The molecule has 2 heterocycles. The zero-order valence-electron chi connectivity index (χ0n) is 14.5. The van der Waals surface area contributed by atoms with Crippen LogP contribution in [0.2, 0.25) is 0 Å². The predicted molar refractivity (Wildman–Crippen MR) is 97.2 cm³/mol. The number of rotatable bonds is 8. The quantitative estimate of drug-likeness (QED) is 0.744. The van der Waals surface area contributed by atoms with Crippen molar-refractivity contribution in [2.45, 2.75) is 32.6 Å². The molecule has 1 saturated heterocycles. The smallest absolute Gasteiger partial charge is 0.0877 e. The second kappa shape index (κ2) is 8.55. The van der Waals surface area contributed by atoms with E-state index in [4.69, 9.17) is 4.74 Å². The molecule has 0 radical (unpaired) electrons. The van der Waals surface area contributed by atoms with Gasteiger partial charge in [-0.05, 0) is 70.3 Å². The van der Waals surface area contributed by atoms with E-state index in [1.54, 1.807) is 0 Å². The third-order valence-electron chi connectivity index (χ3n) is 5.19. The molecule has 0 bridgehead atoms. The highest BCUT2D eigenvalue weighted by molar-refractivity contribution is 5.74. The van der Waals surface area contributed by atoms with E-state index in [0.717, 1.165) is 32.3 Å². The lowest BCUT2D eigenvalue weighted by atomic mass is 9.94. The van der Waals surface area contributed by atoms with E-state index >= 15 is 0 Å². The van der Waals surface area contributed by atoms with Crippen molar-refractivity contribution in [2.24, 2.45) is 5.92 Å². The molecule has 23 heavy (non-hydrogen) atoms. The van der Waals surface area contributed by atoms with Gasteiger partial charge in [0.1, 0.15) is 0 Å². The highest BCUT2D eigenvalue weighted by Gasteiger charge is 2.20. The third kappa shape index (κ3) is 4.61. The first-order chi connectivity index (χ1) is 11.4. The van der Waals surface area contributed by atoms with Crippen LogP contribution in [0, 0.1) is 5.92 Å². The van der Waals surface area contributed by atoms with Crippen molar-refractivity contribution >= 4 is 11.4 Å².